The molecule has 6 heteroatoms. The molecule has 4 nitrogen and oxygen atoms in total. The Bertz CT molecular complexity index is 235. The van der Waals surface area contributed by atoms with Gasteiger partial charge in [-0.15, -0.1) is 5.10 Å². The van der Waals surface area contributed by atoms with E-state index in [1.165, 1.54) is 0 Å². The highest BCUT2D eigenvalue weighted by atomic mass is 35.5. The number of carbonyl (C=O) groups is 1. The van der Waals surface area contributed by atoms with E-state index >= 15 is 0 Å². The molecule has 1 heterocycles. The second-order valence-electron chi connectivity index (χ2n) is 1.20. The number of hydrogen-bond acceptors (Lipinski definition) is 4. The molecule has 0 unspecified atom stereocenters. The molecule has 0 amide bonds. The Hall–Kier alpha value is -0.680. The molecule has 9 heavy (non-hydrogen) atoms. The molecule has 0 aliphatic heterocycles. The topological polar surface area (TPSA) is 63.1 Å². The molecule has 1 rings (SSSR count). The second-order valence-corrected chi connectivity index (χ2v) is 2.31. The SMILES string of the molecule is O=C(O)c1snnc1Cl. The monoisotopic (exact) mass is 164 g/mol. The van der Waals surface area contributed by atoms with Crippen molar-refractivity contribution in [2.45, 2.75) is 0 Å². The zero-order chi connectivity index (χ0) is 6.85. The zero-order valence-corrected chi connectivity index (χ0v) is 5.61. The van der Waals surface area contributed by atoms with Crippen molar-refractivity contribution in [1.29, 1.82) is 0 Å². The summed E-state index contributed by atoms with van der Waals surface area (Å²) < 4.78 is 3.32. The first-order chi connectivity index (χ1) is 4.22. The van der Waals surface area contributed by atoms with E-state index < -0.39 is 5.97 Å². The molecule has 0 saturated heterocycles. The molecule has 0 spiro atoms. The van der Waals surface area contributed by atoms with Crippen LogP contribution in [-0.4, -0.2) is 20.7 Å². The van der Waals surface area contributed by atoms with Crippen LogP contribution in [0.5, 0.6) is 0 Å². The van der Waals surface area contributed by atoms with Crippen molar-refractivity contribution in [2.24, 2.45) is 0 Å². The van der Waals surface area contributed by atoms with Gasteiger partial charge in [0.05, 0.1) is 0 Å². The number of aromatic carboxylic acids is 1. The third-order valence-corrected chi connectivity index (χ3v) is 1.73. The Labute approximate surface area is 59.2 Å². The number of rotatable bonds is 1. The van der Waals surface area contributed by atoms with Gasteiger partial charge in [-0.1, -0.05) is 16.1 Å². The van der Waals surface area contributed by atoms with Crippen molar-refractivity contribution in [3.8, 4) is 0 Å². The van der Waals surface area contributed by atoms with Gasteiger partial charge in [0, 0.05) is 0 Å². The molecule has 48 valence electrons. The Balaban J connectivity index is 3.08. The van der Waals surface area contributed by atoms with Crippen LogP contribution in [-0.2, 0) is 0 Å². The second kappa shape index (κ2) is 2.28. The van der Waals surface area contributed by atoms with Crippen LogP contribution in [0.4, 0.5) is 0 Å². The summed E-state index contributed by atoms with van der Waals surface area (Å²) in [6.45, 7) is 0. The molecule has 0 bridgehead atoms. The molecule has 0 radical (unpaired) electrons. The van der Waals surface area contributed by atoms with Gasteiger partial charge < -0.3 is 5.11 Å². The van der Waals surface area contributed by atoms with Crippen molar-refractivity contribution in [3.63, 3.8) is 0 Å². The minimum absolute atomic E-state index is 0.0170. The van der Waals surface area contributed by atoms with Gasteiger partial charge >= 0.3 is 5.97 Å². The number of aromatic nitrogens is 2. The summed E-state index contributed by atoms with van der Waals surface area (Å²) in [5.74, 6) is -1.09. The minimum Gasteiger partial charge on any atom is -0.477 e. The molecule has 0 aromatic carbocycles. The first-order valence-electron chi connectivity index (χ1n) is 1.93. The lowest BCUT2D eigenvalue weighted by Crippen LogP contribution is -1.91. The minimum atomic E-state index is -1.09. The Morgan fingerprint density at radius 2 is 2.44 bits per heavy atom. The summed E-state index contributed by atoms with van der Waals surface area (Å²) in [6, 6.07) is 0. The Morgan fingerprint density at radius 1 is 1.78 bits per heavy atom. The van der Waals surface area contributed by atoms with Crippen LogP contribution < -0.4 is 0 Å². The van der Waals surface area contributed by atoms with Gasteiger partial charge in [-0.25, -0.2) is 4.79 Å². The van der Waals surface area contributed by atoms with E-state index in [-0.39, 0.29) is 10.0 Å². The van der Waals surface area contributed by atoms with Crippen LogP contribution >= 0.6 is 23.1 Å². The van der Waals surface area contributed by atoms with Crippen LogP contribution in [0.15, 0.2) is 0 Å². The van der Waals surface area contributed by atoms with Gasteiger partial charge in [-0.05, 0) is 11.5 Å². The van der Waals surface area contributed by atoms with E-state index in [1.54, 1.807) is 0 Å². The quantitative estimate of drug-likeness (QED) is 0.670. The average molecular weight is 165 g/mol. The highest BCUT2D eigenvalue weighted by Gasteiger charge is 2.11. The summed E-state index contributed by atoms with van der Waals surface area (Å²) in [5, 5.41) is 11.5. The molecular weight excluding hydrogens is 164 g/mol. The lowest BCUT2D eigenvalue weighted by atomic mass is 10.6. The fourth-order valence-corrected chi connectivity index (χ4v) is 0.973. The Morgan fingerprint density at radius 3 is 2.67 bits per heavy atom. The lowest BCUT2D eigenvalue weighted by molar-refractivity contribution is 0.0702. The normalized spacial score (nSPS) is 9.44. The predicted molar refractivity (Wildman–Crippen MR) is 31.9 cm³/mol. The van der Waals surface area contributed by atoms with Gasteiger partial charge in [-0.2, -0.15) is 0 Å². The van der Waals surface area contributed by atoms with Crippen LogP contribution in [0, 0.1) is 0 Å². The highest BCUT2D eigenvalue weighted by molar-refractivity contribution is 7.08. The van der Waals surface area contributed by atoms with Crippen molar-refractivity contribution < 1.29 is 9.90 Å². The van der Waals surface area contributed by atoms with Gasteiger partial charge in [0.1, 0.15) is 0 Å². The third kappa shape index (κ3) is 1.17. The van der Waals surface area contributed by atoms with E-state index in [4.69, 9.17) is 16.7 Å². The Kier molecular flexibility index (Phi) is 1.63. The van der Waals surface area contributed by atoms with Crippen LogP contribution in [0.1, 0.15) is 9.67 Å². The summed E-state index contributed by atoms with van der Waals surface area (Å²) in [6.07, 6.45) is 0. The molecule has 0 fully saturated rings. The number of nitrogens with zero attached hydrogens (tertiary/aromatic N) is 2. The van der Waals surface area contributed by atoms with Crippen LogP contribution in [0.2, 0.25) is 5.15 Å². The lowest BCUT2D eigenvalue weighted by Gasteiger charge is -1.80. The smallest absolute Gasteiger partial charge is 0.350 e. The molecule has 0 aliphatic carbocycles. The maximum atomic E-state index is 10.1. The van der Waals surface area contributed by atoms with Crippen LogP contribution in [0.3, 0.4) is 0 Å². The average Bonchev–Trinajstić information content (AvgIpc) is 2.13. The van der Waals surface area contributed by atoms with Crippen molar-refractivity contribution in [2.75, 3.05) is 0 Å². The van der Waals surface area contributed by atoms with Crippen molar-refractivity contribution >= 4 is 29.1 Å². The summed E-state index contributed by atoms with van der Waals surface area (Å²) in [7, 11) is 0. The molecule has 1 aromatic heterocycles. The first kappa shape index (κ1) is 6.44. The first-order valence-corrected chi connectivity index (χ1v) is 3.08. The van der Waals surface area contributed by atoms with Gasteiger partial charge in [-0.3, -0.25) is 0 Å². The van der Waals surface area contributed by atoms with E-state index in [0.717, 1.165) is 11.5 Å². The summed E-state index contributed by atoms with van der Waals surface area (Å²) >= 11 is 6.06. The summed E-state index contributed by atoms with van der Waals surface area (Å²) in [5.41, 5.74) is 0. The molecule has 0 saturated carbocycles. The maximum absolute atomic E-state index is 10.1. The standard InChI is InChI=1S/C3HClN2O2S/c4-2-1(3(7)8)9-6-5-2/h(H,7,8). The van der Waals surface area contributed by atoms with E-state index in [2.05, 4.69) is 9.59 Å². The number of carboxylic acids is 1. The van der Waals surface area contributed by atoms with Gasteiger partial charge in [0.2, 0.25) is 0 Å². The molecular formula is C3HClN2O2S. The number of halogens is 1. The van der Waals surface area contributed by atoms with Crippen molar-refractivity contribution in [3.05, 3.63) is 10.0 Å². The predicted octanol–water partition coefficient (Wildman–Crippen LogP) is 0.890. The van der Waals surface area contributed by atoms with E-state index in [0.29, 0.717) is 0 Å². The molecule has 0 aliphatic rings. The molecule has 1 N–H and O–H groups in total. The maximum Gasteiger partial charge on any atom is 0.350 e. The molecule has 0 atom stereocenters. The fourth-order valence-electron chi connectivity index (χ4n) is 0.307. The van der Waals surface area contributed by atoms with E-state index in [1.807, 2.05) is 0 Å². The van der Waals surface area contributed by atoms with Crippen LogP contribution in [0.25, 0.3) is 0 Å². The van der Waals surface area contributed by atoms with Crippen molar-refractivity contribution in [1.82, 2.24) is 9.59 Å². The van der Waals surface area contributed by atoms with E-state index in [9.17, 15) is 4.79 Å². The molecule has 1 aromatic rings. The van der Waals surface area contributed by atoms with Gasteiger partial charge in [0.15, 0.2) is 10.0 Å². The third-order valence-electron chi connectivity index (χ3n) is 0.642. The number of carboxylic acid groups (broad SMARTS) is 1. The highest BCUT2D eigenvalue weighted by Crippen LogP contribution is 2.14. The largest absolute Gasteiger partial charge is 0.477 e. The number of hydrogen-bond donors (Lipinski definition) is 1. The summed E-state index contributed by atoms with van der Waals surface area (Å²) in [4.78, 5) is 10.1. The zero-order valence-electron chi connectivity index (χ0n) is 4.04. The fraction of sp³-hybridized carbons (Fsp3) is 0. The van der Waals surface area contributed by atoms with Gasteiger partial charge in [0.25, 0.3) is 0 Å².